The summed E-state index contributed by atoms with van der Waals surface area (Å²) in [5.41, 5.74) is 3.30. The molecule has 2 aromatic heterocycles. The second kappa shape index (κ2) is 10.0. The third-order valence-electron chi connectivity index (χ3n) is 6.12. The van der Waals surface area contributed by atoms with Crippen LogP contribution in [0.5, 0.6) is 17.2 Å². The third-order valence-corrected chi connectivity index (χ3v) is 6.12. The Kier molecular flexibility index (Phi) is 6.46. The molecule has 1 amide bonds. The molecule has 3 heterocycles. The summed E-state index contributed by atoms with van der Waals surface area (Å²) in [7, 11) is 4.73. The van der Waals surface area contributed by atoms with E-state index in [1.807, 2.05) is 43.3 Å². The number of allylic oxidation sites excluding steroid dienone is 1. The number of methoxy groups -OCH3 is 3. The number of nitrogens with zero attached hydrogens (tertiary/aromatic N) is 4. The van der Waals surface area contributed by atoms with E-state index in [-0.39, 0.29) is 5.91 Å². The predicted molar refractivity (Wildman–Crippen MR) is 139 cm³/mol. The van der Waals surface area contributed by atoms with Crippen LogP contribution in [0.25, 0.3) is 11.4 Å². The number of hydrogen-bond acceptors (Lipinski definition) is 8. The number of para-hydroxylation sites is 2. The first-order valence-electron chi connectivity index (χ1n) is 11.5. The molecule has 2 N–H and O–H groups in total. The summed E-state index contributed by atoms with van der Waals surface area (Å²) < 4.78 is 17.9. The largest absolute Gasteiger partial charge is 0.495 e. The Morgan fingerprint density at radius 1 is 0.946 bits per heavy atom. The average molecular weight is 499 g/mol. The smallest absolute Gasteiger partial charge is 0.255 e. The van der Waals surface area contributed by atoms with Gasteiger partial charge in [0, 0.05) is 23.7 Å². The molecule has 1 aliphatic heterocycles. The Bertz CT molecular complexity index is 1480. The summed E-state index contributed by atoms with van der Waals surface area (Å²) in [5.74, 6) is 2.44. The van der Waals surface area contributed by atoms with Crippen LogP contribution in [0.3, 0.4) is 0 Å². The molecule has 0 aliphatic carbocycles. The number of fused-ring (bicyclic) bond motifs is 1. The molecule has 10 heteroatoms. The minimum absolute atomic E-state index is 0.287. The minimum Gasteiger partial charge on any atom is -0.495 e. The lowest BCUT2D eigenvalue weighted by molar-refractivity contribution is -0.113. The number of nitrogens with one attached hydrogen (secondary N) is 2. The zero-order valence-electron chi connectivity index (χ0n) is 20.9. The lowest BCUT2D eigenvalue weighted by Gasteiger charge is -2.28. The number of hydrogen-bond donors (Lipinski definition) is 2. The van der Waals surface area contributed by atoms with Crippen molar-refractivity contribution in [3.05, 3.63) is 83.8 Å². The van der Waals surface area contributed by atoms with Crippen LogP contribution < -0.4 is 24.8 Å². The zero-order valence-corrected chi connectivity index (χ0v) is 20.9. The maximum absolute atomic E-state index is 13.7. The lowest BCUT2D eigenvalue weighted by Crippen LogP contribution is -2.31. The molecule has 10 nitrogen and oxygen atoms in total. The van der Waals surface area contributed by atoms with Crippen LogP contribution in [0.2, 0.25) is 0 Å². The molecule has 1 aliphatic rings. The summed E-state index contributed by atoms with van der Waals surface area (Å²) in [6.07, 6.45) is 3.38. The molecular formula is C27H26N6O4. The van der Waals surface area contributed by atoms with Crippen molar-refractivity contribution in [2.45, 2.75) is 13.0 Å². The summed E-state index contributed by atoms with van der Waals surface area (Å²) >= 11 is 0. The highest BCUT2D eigenvalue weighted by Gasteiger charge is 2.34. The Labute approximate surface area is 213 Å². The summed E-state index contributed by atoms with van der Waals surface area (Å²) in [6.45, 7) is 1.85. The van der Waals surface area contributed by atoms with E-state index < -0.39 is 6.04 Å². The molecule has 5 rings (SSSR count). The molecule has 4 aromatic rings. The number of ether oxygens (including phenoxy) is 3. The first-order valence-corrected chi connectivity index (χ1v) is 11.5. The fraction of sp³-hybridized carbons (Fsp3) is 0.185. The van der Waals surface area contributed by atoms with Gasteiger partial charge < -0.3 is 24.8 Å². The Morgan fingerprint density at radius 2 is 1.68 bits per heavy atom. The monoisotopic (exact) mass is 498 g/mol. The first kappa shape index (κ1) is 23.9. The van der Waals surface area contributed by atoms with Gasteiger partial charge in [-0.15, -0.1) is 5.10 Å². The number of rotatable bonds is 7. The van der Waals surface area contributed by atoms with E-state index in [9.17, 15) is 4.79 Å². The highest BCUT2D eigenvalue weighted by Crippen LogP contribution is 2.38. The number of amides is 1. The van der Waals surface area contributed by atoms with Crippen LogP contribution in [0.1, 0.15) is 18.5 Å². The minimum atomic E-state index is -0.546. The molecule has 0 fully saturated rings. The Hall–Kier alpha value is -4.86. The zero-order chi connectivity index (χ0) is 25.9. The highest BCUT2D eigenvalue weighted by atomic mass is 16.5. The normalized spacial score (nSPS) is 14.4. The fourth-order valence-electron chi connectivity index (χ4n) is 4.33. The van der Waals surface area contributed by atoms with Crippen molar-refractivity contribution in [1.82, 2.24) is 19.7 Å². The van der Waals surface area contributed by atoms with Gasteiger partial charge in [-0.1, -0.05) is 12.1 Å². The molecule has 0 radical (unpaired) electrons. The number of anilines is 2. The number of carbonyl (C=O) groups is 1. The summed E-state index contributed by atoms with van der Waals surface area (Å²) in [6, 6.07) is 15.9. The summed E-state index contributed by atoms with van der Waals surface area (Å²) in [5, 5.41) is 11.0. The standard InChI is InChI=1S/C27H26N6O4/c1-16-23(26(34)30-19-7-5-6-8-20(19)35-2)24(17-11-13-28-14-12-17)33-27(29-16)31-25(32-33)18-9-10-21(36-3)22(15-18)37-4/h5-15,24H,1-4H3,(H,30,34)(H,29,31,32). The molecule has 37 heavy (non-hydrogen) atoms. The molecule has 0 saturated carbocycles. The van der Waals surface area contributed by atoms with Gasteiger partial charge in [0.05, 0.1) is 32.6 Å². The number of carbonyl (C=O) groups excluding carboxylic acids is 1. The molecule has 1 atom stereocenters. The van der Waals surface area contributed by atoms with Gasteiger partial charge in [-0.25, -0.2) is 4.68 Å². The van der Waals surface area contributed by atoms with Crippen LogP contribution in [0.15, 0.2) is 78.3 Å². The van der Waals surface area contributed by atoms with Gasteiger partial charge in [0.15, 0.2) is 17.3 Å². The van der Waals surface area contributed by atoms with Gasteiger partial charge >= 0.3 is 0 Å². The molecule has 0 saturated heterocycles. The van der Waals surface area contributed by atoms with Crippen molar-refractivity contribution in [2.24, 2.45) is 0 Å². The molecule has 188 valence electrons. The van der Waals surface area contributed by atoms with Gasteiger partial charge in [-0.2, -0.15) is 4.98 Å². The van der Waals surface area contributed by atoms with Crippen molar-refractivity contribution >= 4 is 17.5 Å². The summed E-state index contributed by atoms with van der Waals surface area (Å²) in [4.78, 5) is 22.6. The molecular weight excluding hydrogens is 472 g/mol. The highest BCUT2D eigenvalue weighted by molar-refractivity contribution is 6.06. The number of pyridine rings is 1. The Balaban J connectivity index is 1.58. The van der Waals surface area contributed by atoms with Crippen molar-refractivity contribution in [3.8, 4) is 28.6 Å². The fourth-order valence-corrected chi connectivity index (χ4v) is 4.33. The van der Waals surface area contributed by atoms with E-state index >= 15 is 0 Å². The first-order chi connectivity index (χ1) is 18.0. The number of benzene rings is 2. The maximum atomic E-state index is 13.7. The topological polar surface area (TPSA) is 112 Å². The van der Waals surface area contributed by atoms with E-state index in [2.05, 4.69) is 15.6 Å². The van der Waals surface area contributed by atoms with E-state index in [0.717, 1.165) is 11.1 Å². The van der Waals surface area contributed by atoms with Gasteiger partial charge in [0.25, 0.3) is 5.91 Å². The van der Waals surface area contributed by atoms with Crippen molar-refractivity contribution in [1.29, 1.82) is 0 Å². The third kappa shape index (κ3) is 4.44. The lowest BCUT2D eigenvalue weighted by atomic mass is 9.96. The van der Waals surface area contributed by atoms with Gasteiger partial charge in [-0.3, -0.25) is 9.78 Å². The van der Waals surface area contributed by atoms with Crippen LogP contribution in [-0.4, -0.2) is 47.0 Å². The molecule has 1 unspecified atom stereocenters. The van der Waals surface area contributed by atoms with Crippen LogP contribution in [0, 0.1) is 0 Å². The molecule has 2 aromatic carbocycles. The van der Waals surface area contributed by atoms with Crippen molar-refractivity contribution in [2.75, 3.05) is 32.0 Å². The van der Waals surface area contributed by atoms with Gasteiger partial charge in [0.2, 0.25) is 5.95 Å². The van der Waals surface area contributed by atoms with E-state index in [0.29, 0.717) is 46.0 Å². The van der Waals surface area contributed by atoms with E-state index in [1.165, 1.54) is 0 Å². The van der Waals surface area contributed by atoms with Crippen LogP contribution in [0.4, 0.5) is 11.6 Å². The molecule has 0 spiro atoms. The van der Waals surface area contributed by atoms with Crippen LogP contribution in [-0.2, 0) is 4.79 Å². The SMILES string of the molecule is COc1ccccc1NC(=O)C1=C(C)Nc2nc(-c3ccc(OC)c(OC)c3)nn2C1c1ccncc1. The van der Waals surface area contributed by atoms with Gasteiger partial charge in [-0.05, 0) is 55.0 Å². The Morgan fingerprint density at radius 3 is 2.41 bits per heavy atom. The van der Waals surface area contributed by atoms with E-state index in [1.54, 1.807) is 56.6 Å². The van der Waals surface area contributed by atoms with Crippen LogP contribution >= 0.6 is 0 Å². The van der Waals surface area contributed by atoms with E-state index in [4.69, 9.17) is 24.3 Å². The maximum Gasteiger partial charge on any atom is 0.255 e. The van der Waals surface area contributed by atoms with Crippen molar-refractivity contribution < 1.29 is 19.0 Å². The quantitative estimate of drug-likeness (QED) is 0.388. The second-order valence-corrected chi connectivity index (χ2v) is 8.27. The number of aromatic nitrogens is 4. The second-order valence-electron chi connectivity index (χ2n) is 8.27. The van der Waals surface area contributed by atoms with Crippen molar-refractivity contribution in [3.63, 3.8) is 0 Å². The average Bonchev–Trinajstić information content (AvgIpc) is 3.36. The molecule has 0 bridgehead atoms. The van der Waals surface area contributed by atoms with Gasteiger partial charge in [0.1, 0.15) is 11.8 Å². The predicted octanol–water partition coefficient (Wildman–Crippen LogP) is 4.29.